The predicted molar refractivity (Wildman–Crippen MR) is 72.3 cm³/mol. The van der Waals surface area contributed by atoms with Crippen LogP contribution in [-0.4, -0.2) is 10.7 Å². The lowest BCUT2D eigenvalue weighted by Crippen LogP contribution is -2.05. The van der Waals surface area contributed by atoms with Gasteiger partial charge in [-0.25, -0.2) is 4.39 Å². The third-order valence-electron chi connectivity index (χ3n) is 3.01. The Kier molecular flexibility index (Phi) is 3.89. The summed E-state index contributed by atoms with van der Waals surface area (Å²) in [5, 5.41) is 10.8. The van der Waals surface area contributed by atoms with Gasteiger partial charge in [0.25, 0.3) is 5.69 Å². The molecule has 0 aliphatic rings. The molecule has 0 saturated carbocycles. The molecule has 0 saturated heterocycles. The molecule has 0 aromatic heterocycles. The Morgan fingerprint density at radius 3 is 2.45 bits per heavy atom. The number of carbonyl (C=O) groups excluding carboxylic acids is 1. The first-order valence-electron chi connectivity index (χ1n) is 6.00. The molecule has 0 N–H and O–H groups in total. The van der Waals surface area contributed by atoms with Crippen LogP contribution in [0.5, 0.6) is 0 Å². The van der Waals surface area contributed by atoms with Gasteiger partial charge in [-0.05, 0) is 24.6 Å². The van der Waals surface area contributed by atoms with Crippen molar-refractivity contribution in [3.05, 3.63) is 75.1 Å². The second-order valence-electron chi connectivity index (χ2n) is 4.48. The zero-order chi connectivity index (χ0) is 14.7. The molecule has 0 bridgehead atoms. The second-order valence-corrected chi connectivity index (χ2v) is 4.48. The first kappa shape index (κ1) is 13.9. The van der Waals surface area contributed by atoms with E-state index in [9.17, 15) is 19.3 Å². The zero-order valence-corrected chi connectivity index (χ0v) is 10.8. The number of nitro benzene ring substituents is 1. The summed E-state index contributed by atoms with van der Waals surface area (Å²) in [5.74, 6) is -0.605. The number of halogens is 1. The minimum Gasteiger partial charge on any atom is -0.294 e. The molecule has 0 spiro atoms. The molecule has 0 amide bonds. The number of hydrogen-bond acceptors (Lipinski definition) is 3. The van der Waals surface area contributed by atoms with Crippen LogP contribution >= 0.6 is 0 Å². The van der Waals surface area contributed by atoms with Gasteiger partial charge in [0.05, 0.1) is 4.92 Å². The topological polar surface area (TPSA) is 60.2 Å². The highest BCUT2D eigenvalue weighted by molar-refractivity contribution is 5.98. The highest BCUT2D eigenvalue weighted by Gasteiger charge is 2.15. The molecule has 2 aromatic rings. The van der Waals surface area contributed by atoms with Crippen molar-refractivity contribution in [3.8, 4) is 0 Å². The molecule has 0 fully saturated rings. The minimum atomic E-state index is -0.510. The van der Waals surface area contributed by atoms with E-state index in [4.69, 9.17) is 0 Å². The van der Waals surface area contributed by atoms with Gasteiger partial charge < -0.3 is 0 Å². The number of Topliss-reactive ketones (excluding diaryl/α,β-unsaturated/α-hetero) is 1. The fourth-order valence-corrected chi connectivity index (χ4v) is 1.87. The van der Waals surface area contributed by atoms with Crippen molar-refractivity contribution < 1.29 is 14.1 Å². The number of benzene rings is 2. The van der Waals surface area contributed by atoms with Crippen LogP contribution in [0.2, 0.25) is 0 Å². The van der Waals surface area contributed by atoms with Gasteiger partial charge in [0, 0.05) is 23.6 Å². The number of hydrogen-bond donors (Lipinski definition) is 0. The van der Waals surface area contributed by atoms with Gasteiger partial charge in [0.2, 0.25) is 0 Å². The maximum atomic E-state index is 12.8. The maximum absolute atomic E-state index is 12.8. The quantitative estimate of drug-likeness (QED) is 0.487. The van der Waals surface area contributed by atoms with E-state index in [1.54, 1.807) is 19.1 Å². The minimum absolute atomic E-state index is 0.0741. The summed E-state index contributed by atoms with van der Waals surface area (Å²) in [7, 11) is 0. The van der Waals surface area contributed by atoms with Gasteiger partial charge in [-0.1, -0.05) is 24.3 Å². The van der Waals surface area contributed by atoms with E-state index in [0.717, 1.165) is 0 Å². The second kappa shape index (κ2) is 5.61. The van der Waals surface area contributed by atoms with Crippen molar-refractivity contribution in [1.29, 1.82) is 0 Å². The van der Waals surface area contributed by atoms with Crippen molar-refractivity contribution in [1.82, 2.24) is 0 Å². The third kappa shape index (κ3) is 3.06. The molecule has 5 heteroatoms. The van der Waals surface area contributed by atoms with Crippen molar-refractivity contribution in [2.24, 2.45) is 0 Å². The molecule has 102 valence electrons. The summed E-state index contributed by atoms with van der Waals surface area (Å²) in [4.78, 5) is 22.4. The Bertz CT molecular complexity index is 665. The molecule has 0 radical (unpaired) electrons. The van der Waals surface area contributed by atoms with Gasteiger partial charge in [-0.3, -0.25) is 14.9 Å². The summed E-state index contributed by atoms with van der Waals surface area (Å²) in [6.45, 7) is 1.62. The molecule has 20 heavy (non-hydrogen) atoms. The van der Waals surface area contributed by atoms with Gasteiger partial charge in [0.1, 0.15) is 5.82 Å². The maximum Gasteiger partial charge on any atom is 0.273 e. The van der Waals surface area contributed by atoms with Gasteiger partial charge >= 0.3 is 0 Å². The lowest BCUT2D eigenvalue weighted by atomic mass is 10.0. The summed E-state index contributed by atoms with van der Waals surface area (Å²) in [6.07, 6.45) is 0.0838. The Morgan fingerprint density at radius 2 is 1.85 bits per heavy atom. The average Bonchev–Trinajstić information content (AvgIpc) is 2.41. The highest BCUT2D eigenvalue weighted by atomic mass is 19.1. The van der Waals surface area contributed by atoms with Gasteiger partial charge in [-0.15, -0.1) is 0 Å². The Labute approximate surface area is 115 Å². The number of nitrogens with zero attached hydrogens (tertiary/aromatic N) is 1. The summed E-state index contributed by atoms with van der Waals surface area (Å²) in [5.41, 5.74) is 1.38. The Morgan fingerprint density at radius 1 is 1.20 bits per heavy atom. The number of ketones is 1. The molecule has 2 aromatic carbocycles. The average molecular weight is 273 g/mol. The highest BCUT2D eigenvalue weighted by Crippen LogP contribution is 2.20. The third-order valence-corrected chi connectivity index (χ3v) is 3.01. The zero-order valence-electron chi connectivity index (χ0n) is 10.8. The molecule has 0 unspecified atom stereocenters. The molecule has 0 aliphatic carbocycles. The molecule has 2 rings (SSSR count). The Balaban J connectivity index is 2.23. The first-order chi connectivity index (χ1) is 9.47. The lowest BCUT2D eigenvalue weighted by molar-refractivity contribution is -0.385. The van der Waals surface area contributed by atoms with E-state index in [1.807, 2.05) is 0 Å². The summed E-state index contributed by atoms with van der Waals surface area (Å²) in [6, 6.07) is 10.00. The van der Waals surface area contributed by atoms with Crippen LogP contribution < -0.4 is 0 Å². The van der Waals surface area contributed by atoms with Crippen LogP contribution in [0, 0.1) is 22.9 Å². The normalized spacial score (nSPS) is 10.3. The van der Waals surface area contributed by atoms with Crippen LogP contribution in [0.4, 0.5) is 10.1 Å². The Hall–Kier alpha value is -2.56. The number of nitro groups is 1. The molecular formula is C15H12FNO3. The largest absolute Gasteiger partial charge is 0.294 e. The van der Waals surface area contributed by atoms with Gasteiger partial charge in [-0.2, -0.15) is 0 Å². The molecule has 0 aliphatic heterocycles. The van der Waals surface area contributed by atoms with Crippen LogP contribution in [0.1, 0.15) is 21.5 Å². The monoisotopic (exact) mass is 273 g/mol. The molecular weight excluding hydrogens is 261 g/mol. The number of rotatable bonds is 4. The fourth-order valence-electron chi connectivity index (χ4n) is 1.87. The molecule has 0 heterocycles. The fraction of sp³-hybridized carbons (Fsp3) is 0.133. The van der Waals surface area contributed by atoms with Crippen molar-refractivity contribution in [2.45, 2.75) is 13.3 Å². The van der Waals surface area contributed by atoms with Crippen molar-refractivity contribution in [3.63, 3.8) is 0 Å². The van der Waals surface area contributed by atoms with E-state index in [0.29, 0.717) is 11.1 Å². The van der Waals surface area contributed by atoms with Crippen LogP contribution in [-0.2, 0) is 6.42 Å². The number of carbonyl (C=O) groups is 1. The van der Waals surface area contributed by atoms with E-state index in [-0.39, 0.29) is 29.3 Å². The lowest BCUT2D eigenvalue weighted by Gasteiger charge is -2.03. The van der Waals surface area contributed by atoms with Crippen LogP contribution in [0.3, 0.4) is 0 Å². The number of aryl methyl sites for hydroxylation is 1. The molecule has 0 atom stereocenters. The van der Waals surface area contributed by atoms with E-state index in [2.05, 4.69) is 0 Å². The standard InChI is InChI=1S/C15H12FNO3/c1-10-2-5-12(9-14(10)17(19)20)15(18)8-11-3-6-13(16)7-4-11/h2-7,9H,8H2,1H3. The van der Waals surface area contributed by atoms with Crippen LogP contribution in [0.15, 0.2) is 42.5 Å². The predicted octanol–water partition coefficient (Wildman–Crippen LogP) is 3.47. The van der Waals surface area contributed by atoms with Gasteiger partial charge in [0.15, 0.2) is 5.78 Å². The summed E-state index contributed by atoms with van der Waals surface area (Å²) < 4.78 is 12.8. The summed E-state index contributed by atoms with van der Waals surface area (Å²) >= 11 is 0. The van der Waals surface area contributed by atoms with Crippen molar-refractivity contribution in [2.75, 3.05) is 0 Å². The van der Waals surface area contributed by atoms with Crippen LogP contribution in [0.25, 0.3) is 0 Å². The van der Waals surface area contributed by atoms with E-state index in [1.165, 1.54) is 30.3 Å². The SMILES string of the molecule is Cc1ccc(C(=O)Cc2ccc(F)cc2)cc1[N+](=O)[O-]. The first-order valence-corrected chi connectivity index (χ1v) is 6.00. The smallest absolute Gasteiger partial charge is 0.273 e. The van der Waals surface area contributed by atoms with E-state index < -0.39 is 4.92 Å². The molecule has 4 nitrogen and oxygen atoms in total. The van der Waals surface area contributed by atoms with Crippen molar-refractivity contribution >= 4 is 11.5 Å². The van der Waals surface area contributed by atoms with E-state index >= 15 is 0 Å².